The van der Waals surface area contributed by atoms with Crippen LogP contribution in [0.4, 0.5) is 11.4 Å². The van der Waals surface area contributed by atoms with E-state index in [4.69, 9.17) is 5.11 Å². The van der Waals surface area contributed by atoms with Crippen LogP contribution in [0.3, 0.4) is 0 Å². The van der Waals surface area contributed by atoms with Gasteiger partial charge in [-0.3, -0.25) is 10.1 Å². The lowest BCUT2D eigenvalue weighted by atomic mass is 9.77. The van der Waals surface area contributed by atoms with E-state index in [0.717, 1.165) is 23.2 Å². The van der Waals surface area contributed by atoms with Gasteiger partial charge in [0.05, 0.1) is 16.5 Å². The molecule has 4 rings (SSSR count). The zero-order valence-electron chi connectivity index (χ0n) is 13.3. The van der Waals surface area contributed by atoms with E-state index in [2.05, 4.69) is 17.5 Å². The average molecular weight is 336 g/mol. The third kappa shape index (κ3) is 2.55. The summed E-state index contributed by atoms with van der Waals surface area (Å²) in [4.78, 5) is 21.7. The normalized spacial score (nSPS) is 23.4. The fourth-order valence-corrected chi connectivity index (χ4v) is 3.86. The van der Waals surface area contributed by atoms with Gasteiger partial charge >= 0.3 is 5.97 Å². The summed E-state index contributed by atoms with van der Waals surface area (Å²) in [5.41, 5.74) is 3.23. The first-order valence-electron chi connectivity index (χ1n) is 8.09. The molecule has 3 atom stereocenters. The molecule has 2 aliphatic rings. The van der Waals surface area contributed by atoms with Crippen molar-refractivity contribution in [2.75, 3.05) is 5.32 Å². The number of rotatable bonds is 3. The van der Waals surface area contributed by atoms with Crippen molar-refractivity contribution in [1.29, 1.82) is 0 Å². The van der Waals surface area contributed by atoms with Crippen LogP contribution in [0.25, 0.3) is 0 Å². The van der Waals surface area contributed by atoms with E-state index in [9.17, 15) is 14.9 Å². The highest BCUT2D eigenvalue weighted by molar-refractivity contribution is 5.87. The first-order chi connectivity index (χ1) is 12.0. The van der Waals surface area contributed by atoms with Crippen molar-refractivity contribution >= 4 is 17.3 Å². The monoisotopic (exact) mass is 336 g/mol. The van der Waals surface area contributed by atoms with E-state index in [1.807, 2.05) is 12.1 Å². The number of anilines is 1. The minimum Gasteiger partial charge on any atom is -0.478 e. The number of carbonyl (C=O) groups is 1. The lowest BCUT2D eigenvalue weighted by Gasteiger charge is -2.37. The predicted molar refractivity (Wildman–Crippen MR) is 92.8 cm³/mol. The summed E-state index contributed by atoms with van der Waals surface area (Å²) in [5, 5.41) is 23.6. The van der Waals surface area contributed by atoms with Crippen LogP contribution in [-0.4, -0.2) is 16.0 Å². The van der Waals surface area contributed by atoms with Gasteiger partial charge in [-0.1, -0.05) is 24.3 Å². The fourth-order valence-electron chi connectivity index (χ4n) is 3.86. The molecule has 6 nitrogen and oxygen atoms in total. The fraction of sp³-hybridized carbons (Fsp3) is 0.211. The van der Waals surface area contributed by atoms with Gasteiger partial charge in [-0.05, 0) is 41.7 Å². The molecule has 0 saturated heterocycles. The number of nitrogens with one attached hydrogen (secondary N) is 1. The van der Waals surface area contributed by atoms with Gasteiger partial charge in [0.1, 0.15) is 0 Å². The molecular weight excluding hydrogens is 320 g/mol. The van der Waals surface area contributed by atoms with E-state index >= 15 is 0 Å². The van der Waals surface area contributed by atoms with Crippen molar-refractivity contribution in [1.82, 2.24) is 0 Å². The van der Waals surface area contributed by atoms with Crippen LogP contribution in [0.15, 0.2) is 54.6 Å². The van der Waals surface area contributed by atoms with Crippen molar-refractivity contribution in [3.8, 4) is 0 Å². The van der Waals surface area contributed by atoms with Crippen LogP contribution in [-0.2, 0) is 0 Å². The molecule has 0 bridgehead atoms. The molecule has 0 unspecified atom stereocenters. The quantitative estimate of drug-likeness (QED) is 0.500. The number of hydrogen-bond donors (Lipinski definition) is 2. The van der Waals surface area contributed by atoms with Crippen molar-refractivity contribution in [3.63, 3.8) is 0 Å². The Hall–Kier alpha value is -3.15. The number of non-ortho nitro benzene ring substituents is 1. The van der Waals surface area contributed by atoms with Crippen molar-refractivity contribution in [2.24, 2.45) is 5.92 Å². The lowest BCUT2D eigenvalue weighted by molar-refractivity contribution is -0.384. The molecule has 0 radical (unpaired) electrons. The molecule has 2 aromatic carbocycles. The summed E-state index contributed by atoms with van der Waals surface area (Å²) < 4.78 is 0. The number of nitrogens with zero attached hydrogens (tertiary/aromatic N) is 1. The summed E-state index contributed by atoms with van der Waals surface area (Å²) in [7, 11) is 0. The molecule has 0 amide bonds. The summed E-state index contributed by atoms with van der Waals surface area (Å²) in [6, 6.07) is 11.9. The highest BCUT2D eigenvalue weighted by atomic mass is 16.6. The highest BCUT2D eigenvalue weighted by Gasteiger charge is 2.38. The Kier molecular flexibility index (Phi) is 3.53. The first kappa shape index (κ1) is 15.4. The maximum atomic E-state index is 11.1. The Morgan fingerprint density at radius 2 is 1.96 bits per heavy atom. The topological polar surface area (TPSA) is 92.5 Å². The molecule has 1 heterocycles. The van der Waals surface area contributed by atoms with E-state index in [-0.39, 0.29) is 34.1 Å². The van der Waals surface area contributed by atoms with Gasteiger partial charge in [0.2, 0.25) is 0 Å². The third-order valence-corrected chi connectivity index (χ3v) is 5.07. The number of carboxylic acids is 1. The third-order valence-electron chi connectivity index (χ3n) is 5.07. The van der Waals surface area contributed by atoms with E-state index in [1.54, 1.807) is 24.3 Å². The molecule has 2 N–H and O–H groups in total. The molecule has 25 heavy (non-hydrogen) atoms. The Bertz CT molecular complexity index is 889. The molecule has 126 valence electrons. The second-order valence-corrected chi connectivity index (χ2v) is 6.43. The average Bonchev–Trinajstić information content (AvgIpc) is 3.10. The summed E-state index contributed by atoms with van der Waals surface area (Å²) in [6.45, 7) is 0. The van der Waals surface area contributed by atoms with Crippen molar-refractivity contribution in [3.05, 3.63) is 81.4 Å². The molecular formula is C19H16N2O4. The second kappa shape index (κ2) is 5.73. The van der Waals surface area contributed by atoms with Gasteiger partial charge in [0.15, 0.2) is 0 Å². The Morgan fingerprint density at radius 3 is 2.64 bits per heavy atom. The Balaban J connectivity index is 1.72. The van der Waals surface area contributed by atoms with Crippen molar-refractivity contribution in [2.45, 2.75) is 18.4 Å². The lowest BCUT2D eigenvalue weighted by Crippen LogP contribution is -2.29. The number of aromatic carboxylic acids is 1. The van der Waals surface area contributed by atoms with E-state index in [1.165, 1.54) is 6.07 Å². The molecule has 0 aromatic heterocycles. The van der Waals surface area contributed by atoms with Gasteiger partial charge in [0, 0.05) is 23.7 Å². The van der Waals surface area contributed by atoms with Gasteiger partial charge in [0.25, 0.3) is 5.69 Å². The number of hydrogen-bond acceptors (Lipinski definition) is 4. The number of fused-ring (bicyclic) bond motifs is 3. The maximum absolute atomic E-state index is 11.1. The smallest absolute Gasteiger partial charge is 0.335 e. The molecule has 0 fully saturated rings. The first-order valence-corrected chi connectivity index (χ1v) is 8.09. The number of nitro benzene ring substituents is 1. The Morgan fingerprint density at radius 1 is 1.20 bits per heavy atom. The highest BCUT2D eigenvalue weighted by Crippen LogP contribution is 2.50. The van der Waals surface area contributed by atoms with Crippen LogP contribution in [0.5, 0.6) is 0 Å². The molecule has 0 spiro atoms. The van der Waals surface area contributed by atoms with Crippen LogP contribution in [0.1, 0.15) is 39.9 Å². The Labute approximate surface area is 144 Å². The van der Waals surface area contributed by atoms with Crippen LogP contribution < -0.4 is 5.32 Å². The standard InChI is InChI=1S/C19H16N2O4/c22-19(23)12-6-4-11(5-7-12)18-15-3-1-2-14(15)16-10-13(21(24)25)8-9-17(16)20-18/h1-2,4-10,14-15,18,20H,3H2,(H,22,23)/t14-,15+,18+/m0/s1. The molecule has 1 aliphatic heterocycles. The SMILES string of the molecule is O=C(O)c1ccc([C@H]2Nc3ccc([N+](=O)[O-])cc3[C@H]3C=CC[C@H]32)cc1. The van der Waals surface area contributed by atoms with Crippen LogP contribution >= 0.6 is 0 Å². The van der Waals surface area contributed by atoms with Gasteiger partial charge in [-0.15, -0.1) is 0 Å². The molecule has 0 saturated carbocycles. The zero-order valence-corrected chi connectivity index (χ0v) is 13.3. The van der Waals surface area contributed by atoms with Gasteiger partial charge < -0.3 is 10.4 Å². The summed E-state index contributed by atoms with van der Waals surface area (Å²) in [5.74, 6) is -0.563. The zero-order chi connectivity index (χ0) is 17.6. The van der Waals surface area contributed by atoms with Crippen molar-refractivity contribution < 1.29 is 14.8 Å². The summed E-state index contributed by atoms with van der Waals surface area (Å²) in [6.07, 6.45) is 5.11. The minimum absolute atomic E-state index is 0.0387. The molecule has 2 aromatic rings. The van der Waals surface area contributed by atoms with E-state index < -0.39 is 5.97 Å². The second-order valence-electron chi connectivity index (χ2n) is 6.43. The number of nitro groups is 1. The number of carboxylic acid groups (broad SMARTS) is 1. The van der Waals surface area contributed by atoms with Gasteiger partial charge in [-0.25, -0.2) is 4.79 Å². The van der Waals surface area contributed by atoms with Crippen LogP contribution in [0, 0.1) is 16.0 Å². The molecule has 1 aliphatic carbocycles. The van der Waals surface area contributed by atoms with Crippen LogP contribution in [0.2, 0.25) is 0 Å². The molecule has 6 heteroatoms. The predicted octanol–water partition coefficient (Wildman–Crippen LogP) is 4.12. The maximum Gasteiger partial charge on any atom is 0.335 e. The largest absolute Gasteiger partial charge is 0.478 e. The minimum atomic E-state index is -0.943. The van der Waals surface area contributed by atoms with E-state index in [0.29, 0.717) is 0 Å². The summed E-state index contributed by atoms with van der Waals surface area (Å²) >= 11 is 0. The number of allylic oxidation sites excluding steroid dienone is 2. The number of benzene rings is 2. The van der Waals surface area contributed by atoms with Gasteiger partial charge in [-0.2, -0.15) is 0 Å².